The Balaban J connectivity index is 2.93. The first-order valence-corrected chi connectivity index (χ1v) is 9.78. The molecular weight excluding hydrogens is 212 g/mol. The zero-order valence-corrected chi connectivity index (χ0v) is 12.9. The molecule has 0 aliphatic carbocycles. The van der Waals surface area contributed by atoms with Gasteiger partial charge in [0.05, 0.1) is 0 Å². The maximum atomic E-state index is 5.37. The fourth-order valence-electron chi connectivity index (χ4n) is 2.04. The third kappa shape index (κ3) is 12.2. The lowest BCUT2D eigenvalue weighted by atomic mass is 10.1. The highest BCUT2D eigenvalue weighted by Gasteiger charge is 2.00. The fraction of sp³-hybridized carbons (Fsp3) is 1.00. The summed E-state index contributed by atoms with van der Waals surface area (Å²) < 4.78 is 5.37. The van der Waals surface area contributed by atoms with E-state index in [1.165, 1.54) is 70.3 Å². The molecule has 1 atom stereocenters. The monoisotopic (exact) mass is 244 g/mol. The van der Waals surface area contributed by atoms with Gasteiger partial charge in [-0.05, 0) is 12.6 Å². The van der Waals surface area contributed by atoms with Gasteiger partial charge in [-0.25, -0.2) is 0 Å². The Hall–Kier alpha value is 0.177. The van der Waals surface area contributed by atoms with Crippen molar-refractivity contribution in [2.75, 3.05) is 7.11 Å². The van der Waals surface area contributed by atoms with Crippen LogP contribution in [0.5, 0.6) is 0 Å². The molecular formula is C14H32OSi. The molecule has 0 aliphatic rings. The van der Waals surface area contributed by atoms with Gasteiger partial charge in [-0.2, -0.15) is 0 Å². The summed E-state index contributed by atoms with van der Waals surface area (Å²) in [6.45, 7) is 4.58. The first-order chi connectivity index (χ1) is 7.81. The van der Waals surface area contributed by atoms with E-state index in [1.807, 2.05) is 7.11 Å². The second kappa shape index (κ2) is 13.2. The van der Waals surface area contributed by atoms with E-state index in [-0.39, 0.29) is 0 Å². The molecule has 98 valence electrons. The Morgan fingerprint density at radius 1 is 0.750 bits per heavy atom. The van der Waals surface area contributed by atoms with Crippen LogP contribution in [0.25, 0.3) is 0 Å². The molecule has 0 N–H and O–H groups in total. The summed E-state index contributed by atoms with van der Waals surface area (Å²) in [6, 6.07) is 1.37. The molecule has 2 heteroatoms. The van der Waals surface area contributed by atoms with E-state index in [1.54, 1.807) is 0 Å². The van der Waals surface area contributed by atoms with Gasteiger partial charge < -0.3 is 4.43 Å². The zero-order chi connectivity index (χ0) is 12.1. The van der Waals surface area contributed by atoms with Crippen molar-refractivity contribution in [2.24, 2.45) is 0 Å². The Morgan fingerprint density at radius 3 is 1.62 bits per heavy atom. The van der Waals surface area contributed by atoms with Crippen LogP contribution in [-0.4, -0.2) is 16.2 Å². The summed E-state index contributed by atoms with van der Waals surface area (Å²) in [5.74, 6) is 0. The van der Waals surface area contributed by atoms with Gasteiger partial charge in [-0.3, -0.25) is 0 Å². The number of hydrogen-bond donors (Lipinski definition) is 0. The smallest absolute Gasteiger partial charge is 0.173 e. The first kappa shape index (κ1) is 16.2. The third-order valence-electron chi connectivity index (χ3n) is 3.37. The van der Waals surface area contributed by atoms with Crippen molar-refractivity contribution in [2.45, 2.75) is 83.7 Å². The largest absolute Gasteiger partial charge is 0.423 e. The Morgan fingerprint density at radius 2 is 1.19 bits per heavy atom. The molecule has 0 amide bonds. The number of unbranched alkanes of at least 4 members (excludes halogenated alkanes) is 9. The van der Waals surface area contributed by atoms with Crippen molar-refractivity contribution in [1.29, 1.82) is 0 Å². The van der Waals surface area contributed by atoms with Crippen molar-refractivity contribution < 1.29 is 4.43 Å². The highest BCUT2D eigenvalue weighted by atomic mass is 28.3. The molecule has 0 fully saturated rings. The van der Waals surface area contributed by atoms with Crippen LogP contribution in [0.2, 0.25) is 12.6 Å². The van der Waals surface area contributed by atoms with E-state index in [0.717, 1.165) is 0 Å². The van der Waals surface area contributed by atoms with Crippen molar-refractivity contribution in [1.82, 2.24) is 0 Å². The van der Waals surface area contributed by atoms with Gasteiger partial charge >= 0.3 is 0 Å². The van der Waals surface area contributed by atoms with Crippen LogP contribution in [0.4, 0.5) is 0 Å². The van der Waals surface area contributed by atoms with E-state index >= 15 is 0 Å². The van der Waals surface area contributed by atoms with Crippen molar-refractivity contribution >= 4 is 9.04 Å². The average molecular weight is 244 g/mol. The predicted molar refractivity (Wildman–Crippen MR) is 76.7 cm³/mol. The molecule has 0 aromatic rings. The van der Waals surface area contributed by atoms with Crippen LogP contribution in [0.15, 0.2) is 0 Å². The van der Waals surface area contributed by atoms with E-state index < -0.39 is 9.04 Å². The van der Waals surface area contributed by atoms with Crippen LogP contribution in [0, 0.1) is 0 Å². The van der Waals surface area contributed by atoms with Gasteiger partial charge in [0.25, 0.3) is 0 Å². The maximum Gasteiger partial charge on any atom is 0.173 e. The standard InChI is InChI=1S/C14H32OSi/c1-4-5-6-7-8-9-10-11-12-13-14-16(3)15-2/h16H,4-14H2,1-3H3. The molecule has 0 aromatic heterocycles. The minimum atomic E-state index is -0.759. The predicted octanol–water partition coefficient (Wildman–Crippen LogP) is 4.91. The zero-order valence-electron chi connectivity index (χ0n) is 11.8. The van der Waals surface area contributed by atoms with Crippen LogP contribution < -0.4 is 0 Å². The Kier molecular flexibility index (Phi) is 13.4. The van der Waals surface area contributed by atoms with E-state index in [9.17, 15) is 0 Å². The maximum absolute atomic E-state index is 5.37. The SMILES string of the molecule is CCCCCCCCCCCC[SiH](C)OC. The highest BCUT2D eigenvalue weighted by molar-refractivity contribution is 6.50. The summed E-state index contributed by atoms with van der Waals surface area (Å²) in [5, 5.41) is 0. The summed E-state index contributed by atoms with van der Waals surface area (Å²) in [6.07, 6.45) is 14.3. The minimum Gasteiger partial charge on any atom is -0.423 e. The second-order valence-corrected chi connectivity index (χ2v) is 7.69. The van der Waals surface area contributed by atoms with Gasteiger partial charge in [0.2, 0.25) is 0 Å². The molecule has 1 unspecified atom stereocenters. The Bertz CT molecular complexity index is 128. The van der Waals surface area contributed by atoms with E-state index in [2.05, 4.69) is 13.5 Å². The minimum absolute atomic E-state index is 0.759. The number of rotatable bonds is 12. The third-order valence-corrected chi connectivity index (χ3v) is 5.39. The lowest BCUT2D eigenvalue weighted by Crippen LogP contribution is -2.08. The van der Waals surface area contributed by atoms with Crippen LogP contribution in [0.1, 0.15) is 71.1 Å². The van der Waals surface area contributed by atoms with Gasteiger partial charge in [0, 0.05) is 7.11 Å². The van der Waals surface area contributed by atoms with Gasteiger partial charge in [0.1, 0.15) is 0 Å². The molecule has 16 heavy (non-hydrogen) atoms. The normalized spacial score (nSPS) is 12.9. The summed E-state index contributed by atoms with van der Waals surface area (Å²) in [4.78, 5) is 0. The Labute approximate surface area is 105 Å². The first-order valence-electron chi connectivity index (χ1n) is 7.34. The van der Waals surface area contributed by atoms with E-state index in [4.69, 9.17) is 4.43 Å². The van der Waals surface area contributed by atoms with Crippen molar-refractivity contribution in [3.05, 3.63) is 0 Å². The molecule has 0 saturated carbocycles. The molecule has 0 saturated heterocycles. The van der Waals surface area contributed by atoms with Crippen LogP contribution >= 0.6 is 0 Å². The van der Waals surface area contributed by atoms with Gasteiger partial charge in [-0.1, -0.05) is 71.1 Å². The van der Waals surface area contributed by atoms with Gasteiger partial charge in [-0.15, -0.1) is 0 Å². The summed E-state index contributed by atoms with van der Waals surface area (Å²) in [5.41, 5.74) is 0. The van der Waals surface area contributed by atoms with Gasteiger partial charge in [0.15, 0.2) is 9.04 Å². The highest BCUT2D eigenvalue weighted by Crippen LogP contribution is 2.12. The molecule has 0 bridgehead atoms. The van der Waals surface area contributed by atoms with Crippen LogP contribution in [-0.2, 0) is 4.43 Å². The molecule has 0 rings (SSSR count). The van der Waals surface area contributed by atoms with Crippen molar-refractivity contribution in [3.63, 3.8) is 0 Å². The lowest BCUT2D eigenvalue weighted by molar-refractivity contribution is 0.421. The fourth-order valence-corrected chi connectivity index (χ4v) is 3.14. The molecule has 0 heterocycles. The molecule has 1 nitrogen and oxygen atoms in total. The second-order valence-electron chi connectivity index (χ2n) is 5.02. The van der Waals surface area contributed by atoms with Crippen LogP contribution in [0.3, 0.4) is 0 Å². The summed E-state index contributed by atoms with van der Waals surface area (Å²) >= 11 is 0. The topological polar surface area (TPSA) is 9.23 Å². The number of hydrogen-bond acceptors (Lipinski definition) is 1. The van der Waals surface area contributed by atoms with E-state index in [0.29, 0.717) is 0 Å². The van der Waals surface area contributed by atoms with Crippen molar-refractivity contribution in [3.8, 4) is 0 Å². The lowest BCUT2D eigenvalue weighted by Gasteiger charge is -2.06. The molecule has 0 aliphatic heterocycles. The average Bonchev–Trinajstić information content (AvgIpc) is 2.31. The molecule has 0 aromatic carbocycles. The quantitative estimate of drug-likeness (QED) is 0.350. The molecule has 0 spiro atoms. The molecule has 0 radical (unpaired) electrons. The summed E-state index contributed by atoms with van der Waals surface area (Å²) in [7, 11) is 1.11.